The molecule has 0 saturated carbocycles. The van der Waals surface area contributed by atoms with Gasteiger partial charge in [0.05, 0.1) is 10.0 Å². The second-order valence-electron chi connectivity index (χ2n) is 5.55. The molecular formula is C16H24Cl3FN2. The van der Waals surface area contributed by atoms with E-state index in [4.69, 9.17) is 23.2 Å². The SMILES string of the molecule is CCCCC[C@H](c1c(F)ccc(Cl)c1Cl)N1CCNCC1.Cl. The van der Waals surface area contributed by atoms with Gasteiger partial charge in [-0.25, -0.2) is 4.39 Å². The molecule has 22 heavy (non-hydrogen) atoms. The van der Waals surface area contributed by atoms with Crippen molar-refractivity contribution in [1.82, 2.24) is 10.2 Å². The third-order valence-electron chi connectivity index (χ3n) is 4.09. The van der Waals surface area contributed by atoms with E-state index in [1.54, 1.807) is 0 Å². The first-order chi connectivity index (χ1) is 10.1. The summed E-state index contributed by atoms with van der Waals surface area (Å²) in [5.74, 6) is -0.246. The molecule has 0 aromatic heterocycles. The van der Waals surface area contributed by atoms with Crippen molar-refractivity contribution < 1.29 is 4.39 Å². The van der Waals surface area contributed by atoms with Crippen LogP contribution in [0.4, 0.5) is 4.39 Å². The molecule has 0 unspecified atom stereocenters. The number of hydrogen-bond donors (Lipinski definition) is 1. The van der Waals surface area contributed by atoms with Gasteiger partial charge in [-0.1, -0.05) is 49.4 Å². The summed E-state index contributed by atoms with van der Waals surface area (Å²) in [4.78, 5) is 2.33. The van der Waals surface area contributed by atoms with Crippen molar-refractivity contribution in [3.05, 3.63) is 33.6 Å². The lowest BCUT2D eigenvalue weighted by Crippen LogP contribution is -2.45. The number of nitrogens with one attached hydrogen (secondary N) is 1. The van der Waals surface area contributed by atoms with Crippen LogP contribution in [-0.4, -0.2) is 31.1 Å². The first kappa shape index (κ1) is 20.0. The number of rotatable bonds is 6. The Balaban J connectivity index is 0.00000242. The van der Waals surface area contributed by atoms with Gasteiger partial charge in [-0.15, -0.1) is 12.4 Å². The van der Waals surface area contributed by atoms with Gasteiger partial charge in [-0.2, -0.15) is 0 Å². The Morgan fingerprint density at radius 3 is 2.55 bits per heavy atom. The predicted octanol–water partition coefficient (Wildman–Crippen LogP) is 5.08. The molecule has 0 radical (unpaired) electrons. The van der Waals surface area contributed by atoms with Crippen LogP contribution < -0.4 is 5.32 Å². The minimum Gasteiger partial charge on any atom is -0.314 e. The van der Waals surface area contributed by atoms with Gasteiger partial charge < -0.3 is 5.32 Å². The van der Waals surface area contributed by atoms with Crippen LogP contribution in [0.15, 0.2) is 12.1 Å². The Morgan fingerprint density at radius 2 is 1.91 bits per heavy atom. The number of nitrogens with zero attached hydrogens (tertiary/aromatic N) is 1. The van der Waals surface area contributed by atoms with E-state index in [2.05, 4.69) is 17.1 Å². The smallest absolute Gasteiger partial charge is 0.129 e. The van der Waals surface area contributed by atoms with Gasteiger partial charge >= 0.3 is 0 Å². The second kappa shape index (κ2) is 9.94. The molecule has 1 aromatic rings. The lowest BCUT2D eigenvalue weighted by atomic mass is 9.97. The minimum absolute atomic E-state index is 0. The van der Waals surface area contributed by atoms with Crippen molar-refractivity contribution in [3.63, 3.8) is 0 Å². The third kappa shape index (κ3) is 4.97. The summed E-state index contributed by atoms with van der Waals surface area (Å²) in [7, 11) is 0. The van der Waals surface area contributed by atoms with Crippen molar-refractivity contribution in [2.75, 3.05) is 26.2 Å². The molecule has 1 atom stereocenters. The first-order valence-corrected chi connectivity index (χ1v) is 8.49. The van der Waals surface area contributed by atoms with Gasteiger partial charge in [-0.05, 0) is 18.6 Å². The zero-order valence-electron chi connectivity index (χ0n) is 12.9. The highest BCUT2D eigenvalue weighted by molar-refractivity contribution is 6.42. The topological polar surface area (TPSA) is 15.3 Å². The summed E-state index contributed by atoms with van der Waals surface area (Å²) in [6, 6.07) is 2.98. The van der Waals surface area contributed by atoms with Crippen LogP contribution in [0.5, 0.6) is 0 Å². The number of piperazine rings is 1. The summed E-state index contributed by atoms with van der Waals surface area (Å²) in [6.45, 7) is 5.87. The largest absolute Gasteiger partial charge is 0.314 e. The molecule has 1 fully saturated rings. The average molecular weight is 370 g/mol. The van der Waals surface area contributed by atoms with E-state index in [1.165, 1.54) is 12.1 Å². The molecule has 1 aromatic carbocycles. The molecule has 2 nitrogen and oxygen atoms in total. The van der Waals surface area contributed by atoms with Gasteiger partial charge in [0.1, 0.15) is 5.82 Å². The van der Waals surface area contributed by atoms with Crippen LogP contribution >= 0.6 is 35.6 Å². The average Bonchev–Trinajstić information content (AvgIpc) is 2.51. The Hall–Kier alpha value is -0.0600. The molecule has 1 aliphatic heterocycles. The molecule has 1 aliphatic rings. The zero-order valence-corrected chi connectivity index (χ0v) is 15.2. The Morgan fingerprint density at radius 1 is 1.23 bits per heavy atom. The van der Waals surface area contributed by atoms with E-state index in [-0.39, 0.29) is 24.3 Å². The van der Waals surface area contributed by atoms with Crippen molar-refractivity contribution in [1.29, 1.82) is 0 Å². The van der Waals surface area contributed by atoms with Crippen LogP contribution in [0.25, 0.3) is 0 Å². The normalized spacial score (nSPS) is 17.1. The fourth-order valence-electron chi connectivity index (χ4n) is 2.94. The maximum atomic E-state index is 14.4. The number of benzene rings is 1. The molecule has 0 amide bonds. The second-order valence-corrected chi connectivity index (χ2v) is 6.34. The monoisotopic (exact) mass is 368 g/mol. The number of halogens is 4. The molecule has 0 aliphatic carbocycles. The van der Waals surface area contributed by atoms with Crippen LogP contribution in [0, 0.1) is 5.82 Å². The van der Waals surface area contributed by atoms with Crippen molar-refractivity contribution in [3.8, 4) is 0 Å². The maximum Gasteiger partial charge on any atom is 0.129 e. The van der Waals surface area contributed by atoms with E-state index < -0.39 is 0 Å². The first-order valence-electron chi connectivity index (χ1n) is 7.73. The summed E-state index contributed by atoms with van der Waals surface area (Å²) < 4.78 is 14.4. The summed E-state index contributed by atoms with van der Waals surface area (Å²) in [5.41, 5.74) is 0.571. The molecule has 1 saturated heterocycles. The van der Waals surface area contributed by atoms with Gasteiger partial charge in [0.2, 0.25) is 0 Å². The lowest BCUT2D eigenvalue weighted by Gasteiger charge is -2.36. The molecule has 126 valence electrons. The molecule has 6 heteroatoms. The van der Waals surface area contributed by atoms with Crippen molar-refractivity contribution in [2.45, 2.75) is 38.6 Å². The fraction of sp³-hybridized carbons (Fsp3) is 0.625. The Kier molecular flexibility index (Phi) is 9.03. The third-order valence-corrected chi connectivity index (χ3v) is 4.91. The minimum atomic E-state index is -0.246. The van der Waals surface area contributed by atoms with E-state index in [0.717, 1.165) is 51.9 Å². The van der Waals surface area contributed by atoms with Crippen LogP contribution in [-0.2, 0) is 0 Å². The van der Waals surface area contributed by atoms with Gasteiger partial charge in [0, 0.05) is 37.8 Å². The van der Waals surface area contributed by atoms with Crippen LogP contribution in [0.1, 0.15) is 44.2 Å². The van der Waals surface area contributed by atoms with E-state index >= 15 is 0 Å². The van der Waals surface area contributed by atoms with Crippen molar-refractivity contribution in [2.24, 2.45) is 0 Å². The molecule has 2 rings (SSSR count). The molecule has 0 bridgehead atoms. The number of unbranched alkanes of at least 4 members (excludes halogenated alkanes) is 2. The summed E-state index contributed by atoms with van der Waals surface area (Å²) in [6.07, 6.45) is 4.31. The van der Waals surface area contributed by atoms with Crippen molar-refractivity contribution >= 4 is 35.6 Å². The van der Waals surface area contributed by atoms with Gasteiger partial charge in [0.25, 0.3) is 0 Å². The molecule has 1 N–H and O–H groups in total. The quantitative estimate of drug-likeness (QED) is 0.555. The van der Waals surface area contributed by atoms with Gasteiger partial charge in [-0.3, -0.25) is 4.90 Å². The zero-order chi connectivity index (χ0) is 15.2. The standard InChI is InChI=1S/C16H23Cl2FN2.ClH/c1-2-3-4-5-14(21-10-8-20-9-11-21)15-13(19)7-6-12(17)16(15)18;/h6-7,14,20H,2-5,8-11H2,1H3;1H/t14-;/m1./s1. The Labute approximate surface area is 148 Å². The number of hydrogen-bond acceptors (Lipinski definition) is 2. The highest BCUT2D eigenvalue weighted by atomic mass is 35.5. The highest BCUT2D eigenvalue weighted by Gasteiger charge is 2.27. The Bertz CT molecular complexity index is 465. The van der Waals surface area contributed by atoms with E-state index in [9.17, 15) is 4.39 Å². The van der Waals surface area contributed by atoms with Gasteiger partial charge in [0.15, 0.2) is 0 Å². The fourth-order valence-corrected chi connectivity index (χ4v) is 3.38. The molecular weight excluding hydrogens is 346 g/mol. The summed E-state index contributed by atoms with van der Waals surface area (Å²) >= 11 is 12.4. The summed E-state index contributed by atoms with van der Waals surface area (Å²) in [5, 5.41) is 4.14. The van der Waals surface area contributed by atoms with Crippen LogP contribution in [0.3, 0.4) is 0 Å². The van der Waals surface area contributed by atoms with Crippen LogP contribution in [0.2, 0.25) is 10.0 Å². The predicted molar refractivity (Wildman–Crippen MR) is 95.0 cm³/mol. The highest BCUT2D eigenvalue weighted by Crippen LogP contribution is 2.37. The molecule has 0 spiro atoms. The van der Waals surface area contributed by atoms with E-state index in [0.29, 0.717) is 15.6 Å². The molecule has 1 heterocycles. The van der Waals surface area contributed by atoms with E-state index in [1.807, 2.05) is 0 Å². The maximum absolute atomic E-state index is 14.4. The lowest BCUT2D eigenvalue weighted by molar-refractivity contribution is 0.159.